The van der Waals surface area contributed by atoms with Crippen molar-refractivity contribution in [2.45, 2.75) is 45.1 Å². The van der Waals surface area contributed by atoms with Crippen LogP contribution in [0.15, 0.2) is 12.7 Å². The molecule has 0 aromatic carbocycles. The molecule has 1 fully saturated rings. The van der Waals surface area contributed by atoms with E-state index < -0.39 is 0 Å². The van der Waals surface area contributed by atoms with E-state index in [0.29, 0.717) is 6.04 Å². The average Bonchev–Trinajstić information content (AvgIpc) is 2.54. The minimum atomic E-state index is 0.496. The molecule has 3 unspecified atom stereocenters. The van der Waals surface area contributed by atoms with Gasteiger partial charge in [-0.3, -0.25) is 11.3 Å². The normalized spacial score (nSPS) is 30.3. The van der Waals surface area contributed by atoms with E-state index in [9.17, 15) is 0 Å². The summed E-state index contributed by atoms with van der Waals surface area (Å²) in [5, 5.41) is 0. The Morgan fingerprint density at radius 2 is 2.38 bits per heavy atom. The van der Waals surface area contributed by atoms with Crippen LogP contribution in [0.25, 0.3) is 0 Å². The van der Waals surface area contributed by atoms with Crippen LogP contribution in [0, 0.1) is 11.8 Å². The van der Waals surface area contributed by atoms with Crippen LogP contribution in [-0.4, -0.2) is 6.04 Å². The van der Waals surface area contributed by atoms with Crippen LogP contribution < -0.4 is 11.3 Å². The average molecular weight is 182 g/mol. The number of hydrogen-bond donors (Lipinski definition) is 2. The predicted octanol–water partition coefficient (Wildman–Crippen LogP) is 2.22. The molecule has 3 N–H and O–H groups in total. The Bertz CT molecular complexity index is 156. The summed E-state index contributed by atoms with van der Waals surface area (Å²) in [6.07, 6.45) is 8.26. The summed E-state index contributed by atoms with van der Waals surface area (Å²) in [6, 6.07) is 0.496. The quantitative estimate of drug-likeness (QED) is 0.389. The highest BCUT2D eigenvalue weighted by atomic mass is 15.2. The SMILES string of the molecule is C=CCCC(NN)C1CCCC1C. The molecule has 1 aliphatic rings. The number of hydrogen-bond acceptors (Lipinski definition) is 2. The Morgan fingerprint density at radius 3 is 2.85 bits per heavy atom. The maximum Gasteiger partial charge on any atom is 0.0244 e. The number of allylic oxidation sites excluding steroid dienone is 1. The van der Waals surface area contributed by atoms with Gasteiger partial charge in [0.25, 0.3) is 0 Å². The molecule has 0 amide bonds. The lowest BCUT2D eigenvalue weighted by atomic mass is 9.88. The van der Waals surface area contributed by atoms with Crippen LogP contribution in [-0.2, 0) is 0 Å². The van der Waals surface area contributed by atoms with E-state index in [1.54, 1.807) is 0 Å². The molecule has 0 bridgehead atoms. The zero-order valence-electron chi connectivity index (χ0n) is 8.63. The van der Waals surface area contributed by atoms with Crippen molar-refractivity contribution >= 4 is 0 Å². The minimum Gasteiger partial charge on any atom is -0.271 e. The number of rotatable bonds is 5. The molecule has 1 rings (SSSR count). The first-order valence-electron chi connectivity index (χ1n) is 5.36. The Labute approximate surface area is 81.6 Å². The third-order valence-electron chi connectivity index (χ3n) is 3.34. The fraction of sp³-hybridized carbons (Fsp3) is 0.818. The second kappa shape index (κ2) is 5.40. The van der Waals surface area contributed by atoms with Crippen molar-refractivity contribution in [3.05, 3.63) is 12.7 Å². The van der Waals surface area contributed by atoms with Gasteiger partial charge in [-0.05, 0) is 31.1 Å². The highest BCUT2D eigenvalue weighted by Crippen LogP contribution is 2.34. The van der Waals surface area contributed by atoms with Crippen molar-refractivity contribution < 1.29 is 0 Å². The summed E-state index contributed by atoms with van der Waals surface area (Å²) in [7, 11) is 0. The molecule has 0 aliphatic heterocycles. The van der Waals surface area contributed by atoms with Crippen molar-refractivity contribution in [3.63, 3.8) is 0 Å². The van der Waals surface area contributed by atoms with Gasteiger partial charge in [-0.25, -0.2) is 0 Å². The van der Waals surface area contributed by atoms with Gasteiger partial charge in [0, 0.05) is 6.04 Å². The summed E-state index contributed by atoms with van der Waals surface area (Å²) < 4.78 is 0. The largest absolute Gasteiger partial charge is 0.271 e. The van der Waals surface area contributed by atoms with Gasteiger partial charge in [0.2, 0.25) is 0 Å². The lowest BCUT2D eigenvalue weighted by Gasteiger charge is -2.25. The molecule has 76 valence electrons. The molecule has 1 saturated carbocycles. The maximum atomic E-state index is 5.57. The highest BCUT2D eigenvalue weighted by Gasteiger charge is 2.29. The molecule has 3 atom stereocenters. The van der Waals surface area contributed by atoms with Gasteiger partial charge in [-0.15, -0.1) is 6.58 Å². The first-order valence-corrected chi connectivity index (χ1v) is 5.36. The van der Waals surface area contributed by atoms with E-state index in [1.807, 2.05) is 6.08 Å². The summed E-state index contributed by atoms with van der Waals surface area (Å²) in [4.78, 5) is 0. The topological polar surface area (TPSA) is 38.0 Å². The molecule has 1 aliphatic carbocycles. The van der Waals surface area contributed by atoms with Gasteiger partial charge in [-0.1, -0.05) is 25.8 Å². The number of hydrazine groups is 1. The van der Waals surface area contributed by atoms with E-state index in [0.717, 1.165) is 24.7 Å². The van der Waals surface area contributed by atoms with E-state index >= 15 is 0 Å². The highest BCUT2D eigenvalue weighted by molar-refractivity contribution is 4.85. The van der Waals surface area contributed by atoms with Crippen molar-refractivity contribution in [1.82, 2.24) is 5.43 Å². The van der Waals surface area contributed by atoms with Gasteiger partial charge in [0.05, 0.1) is 0 Å². The maximum absolute atomic E-state index is 5.57. The van der Waals surface area contributed by atoms with Gasteiger partial charge in [0.15, 0.2) is 0 Å². The van der Waals surface area contributed by atoms with E-state index in [-0.39, 0.29) is 0 Å². The summed E-state index contributed by atoms with van der Waals surface area (Å²) in [6.45, 7) is 6.09. The molecular weight excluding hydrogens is 160 g/mol. The molecule has 0 radical (unpaired) electrons. The fourth-order valence-electron chi connectivity index (χ4n) is 2.49. The standard InChI is InChI=1S/C11H22N2/c1-3-4-8-11(13-12)10-7-5-6-9(10)2/h3,9-11,13H,1,4-8,12H2,2H3. The van der Waals surface area contributed by atoms with Crippen LogP contribution in [0.5, 0.6) is 0 Å². The lowest BCUT2D eigenvalue weighted by Crippen LogP contribution is -2.41. The number of nitrogens with one attached hydrogen (secondary N) is 1. The molecule has 0 aromatic heterocycles. The van der Waals surface area contributed by atoms with Crippen LogP contribution in [0.3, 0.4) is 0 Å². The van der Waals surface area contributed by atoms with Crippen molar-refractivity contribution in [3.8, 4) is 0 Å². The third-order valence-corrected chi connectivity index (χ3v) is 3.34. The second-order valence-corrected chi connectivity index (χ2v) is 4.21. The monoisotopic (exact) mass is 182 g/mol. The van der Waals surface area contributed by atoms with Gasteiger partial charge < -0.3 is 0 Å². The third kappa shape index (κ3) is 2.82. The molecule has 0 spiro atoms. The number of nitrogens with two attached hydrogens (primary N) is 1. The summed E-state index contributed by atoms with van der Waals surface area (Å²) >= 11 is 0. The molecule has 2 nitrogen and oxygen atoms in total. The Kier molecular flexibility index (Phi) is 4.46. The van der Waals surface area contributed by atoms with Crippen LogP contribution in [0.2, 0.25) is 0 Å². The lowest BCUT2D eigenvalue weighted by molar-refractivity contribution is 0.287. The van der Waals surface area contributed by atoms with Gasteiger partial charge >= 0.3 is 0 Å². The van der Waals surface area contributed by atoms with Crippen molar-refractivity contribution in [1.29, 1.82) is 0 Å². The molecule has 2 heteroatoms. The first kappa shape index (κ1) is 10.7. The van der Waals surface area contributed by atoms with E-state index in [4.69, 9.17) is 5.84 Å². The zero-order chi connectivity index (χ0) is 9.68. The van der Waals surface area contributed by atoms with Crippen LogP contribution >= 0.6 is 0 Å². The Morgan fingerprint density at radius 1 is 1.62 bits per heavy atom. The first-order chi connectivity index (χ1) is 6.29. The smallest absolute Gasteiger partial charge is 0.0244 e. The summed E-state index contributed by atoms with van der Waals surface area (Å²) in [5.41, 5.74) is 2.96. The van der Waals surface area contributed by atoms with Gasteiger partial charge in [-0.2, -0.15) is 0 Å². The zero-order valence-corrected chi connectivity index (χ0v) is 8.63. The minimum absolute atomic E-state index is 0.496. The molecule has 13 heavy (non-hydrogen) atoms. The summed E-state index contributed by atoms with van der Waals surface area (Å²) in [5.74, 6) is 7.19. The Balaban J connectivity index is 2.39. The molecule has 0 aromatic rings. The predicted molar refractivity (Wildman–Crippen MR) is 57.0 cm³/mol. The van der Waals surface area contributed by atoms with Gasteiger partial charge in [0.1, 0.15) is 0 Å². The molecular formula is C11H22N2. The van der Waals surface area contributed by atoms with Crippen LogP contribution in [0.4, 0.5) is 0 Å². The van der Waals surface area contributed by atoms with E-state index in [2.05, 4.69) is 18.9 Å². The molecule has 0 heterocycles. The van der Waals surface area contributed by atoms with Crippen molar-refractivity contribution in [2.24, 2.45) is 17.7 Å². The van der Waals surface area contributed by atoms with E-state index in [1.165, 1.54) is 19.3 Å². The second-order valence-electron chi connectivity index (χ2n) is 4.21. The van der Waals surface area contributed by atoms with Crippen LogP contribution in [0.1, 0.15) is 39.0 Å². The van der Waals surface area contributed by atoms with Crippen molar-refractivity contribution in [2.75, 3.05) is 0 Å². The fourth-order valence-corrected chi connectivity index (χ4v) is 2.49. The Hall–Kier alpha value is -0.340. The molecule has 0 saturated heterocycles.